The van der Waals surface area contributed by atoms with Crippen LogP contribution < -0.4 is 11.3 Å². The molecule has 0 bridgehead atoms. The summed E-state index contributed by atoms with van der Waals surface area (Å²) in [6.07, 6.45) is 0. The Labute approximate surface area is 73.6 Å². The molecule has 13 heavy (non-hydrogen) atoms. The van der Waals surface area contributed by atoms with Crippen molar-refractivity contribution in [2.75, 3.05) is 5.73 Å². The van der Waals surface area contributed by atoms with Gasteiger partial charge < -0.3 is 15.8 Å². The number of fused-ring (bicyclic) bond motifs is 1. The minimum absolute atomic E-state index is 0.280. The third-order valence-corrected chi connectivity index (χ3v) is 1.85. The molecule has 4 heteroatoms. The molecule has 0 atom stereocenters. The highest BCUT2D eigenvalue weighted by molar-refractivity contribution is 5.82. The standard InChI is InChI=1S/C9H8N2O2/c10-6-2-1-5-3-8(12)9(13)11-7(5)4-6/h1-4,12H,10H2,(H,11,13). The minimum atomic E-state index is -0.502. The number of aromatic nitrogens is 1. The van der Waals surface area contributed by atoms with Gasteiger partial charge in [-0.25, -0.2) is 0 Å². The van der Waals surface area contributed by atoms with E-state index in [1.165, 1.54) is 6.07 Å². The number of H-pyrrole nitrogens is 1. The number of anilines is 1. The van der Waals surface area contributed by atoms with Crippen LogP contribution in [0.3, 0.4) is 0 Å². The molecule has 4 nitrogen and oxygen atoms in total. The molecule has 0 amide bonds. The van der Waals surface area contributed by atoms with Crippen molar-refractivity contribution in [3.63, 3.8) is 0 Å². The van der Waals surface area contributed by atoms with Crippen molar-refractivity contribution in [1.82, 2.24) is 4.98 Å². The van der Waals surface area contributed by atoms with E-state index >= 15 is 0 Å². The highest BCUT2D eigenvalue weighted by Crippen LogP contribution is 2.16. The maximum absolute atomic E-state index is 11.0. The number of rotatable bonds is 0. The zero-order valence-electron chi connectivity index (χ0n) is 6.74. The van der Waals surface area contributed by atoms with Crippen LogP contribution in [0.25, 0.3) is 10.9 Å². The van der Waals surface area contributed by atoms with Gasteiger partial charge in [-0.1, -0.05) is 6.07 Å². The summed E-state index contributed by atoms with van der Waals surface area (Å²) in [6.45, 7) is 0. The summed E-state index contributed by atoms with van der Waals surface area (Å²) in [5, 5.41) is 9.87. The molecular formula is C9H8N2O2. The summed E-state index contributed by atoms with van der Waals surface area (Å²) < 4.78 is 0. The fourth-order valence-electron chi connectivity index (χ4n) is 1.21. The first-order chi connectivity index (χ1) is 6.16. The molecule has 0 saturated heterocycles. The highest BCUT2D eigenvalue weighted by atomic mass is 16.3. The fourth-order valence-corrected chi connectivity index (χ4v) is 1.21. The Morgan fingerprint density at radius 2 is 2.08 bits per heavy atom. The molecule has 1 heterocycles. The number of aromatic amines is 1. The van der Waals surface area contributed by atoms with Crippen LogP contribution in [-0.4, -0.2) is 10.1 Å². The van der Waals surface area contributed by atoms with Gasteiger partial charge in [0, 0.05) is 11.1 Å². The van der Waals surface area contributed by atoms with E-state index < -0.39 is 5.56 Å². The Kier molecular flexibility index (Phi) is 1.48. The minimum Gasteiger partial charge on any atom is -0.503 e. The molecule has 2 aromatic rings. The number of aromatic hydroxyl groups is 1. The first-order valence-corrected chi connectivity index (χ1v) is 3.78. The van der Waals surface area contributed by atoms with Gasteiger partial charge in [0.25, 0.3) is 5.56 Å². The number of nitrogens with two attached hydrogens (primary N) is 1. The summed E-state index contributed by atoms with van der Waals surface area (Å²) in [5.41, 5.74) is 6.23. The average Bonchev–Trinajstić information content (AvgIpc) is 2.08. The lowest BCUT2D eigenvalue weighted by atomic mass is 10.2. The van der Waals surface area contributed by atoms with Crippen LogP contribution in [0.2, 0.25) is 0 Å². The van der Waals surface area contributed by atoms with E-state index in [4.69, 9.17) is 10.8 Å². The van der Waals surface area contributed by atoms with Crippen LogP contribution >= 0.6 is 0 Å². The molecule has 66 valence electrons. The lowest BCUT2D eigenvalue weighted by Gasteiger charge is -1.99. The third-order valence-electron chi connectivity index (χ3n) is 1.85. The summed E-state index contributed by atoms with van der Waals surface area (Å²) in [5.74, 6) is -0.280. The number of nitrogens with one attached hydrogen (secondary N) is 1. The van der Waals surface area contributed by atoms with E-state index in [0.717, 1.165) is 5.39 Å². The van der Waals surface area contributed by atoms with E-state index in [1.807, 2.05) is 0 Å². The topological polar surface area (TPSA) is 79.1 Å². The summed E-state index contributed by atoms with van der Waals surface area (Å²) in [4.78, 5) is 13.5. The van der Waals surface area contributed by atoms with Crippen LogP contribution in [0, 0.1) is 0 Å². The van der Waals surface area contributed by atoms with Gasteiger partial charge in [-0.3, -0.25) is 4.79 Å². The van der Waals surface area contributed by atoms with Crippen molar-refractivity contribution in [3.8, 4) is 5.75 Å². The Balaban J connectivity index is 2.89. The van der Waals surface area contributed by atoms with Crippen LogP contribution in [0.4, 0.5) is 5.69 Å². The van der Waals surface area contributed by atoms with Gasteiger partial charge in [0.15, 0.2) is 5.75 Å². The molecular weight excluding hydrogens is 168 g/mol. The molecule has 0 aliphatic heterocycles. The molecule has 0 fully saturated rings. The van der Waals surface area contributed by atoms with Crippen LogP contribution in [0.5, 0.6) is 5.75 Å². The van der Waals surface area contributed by atoms with E-state index in [-0.39, 0.29) is 5.75 Å². The summed E-state index contributed by atoms with van der Waals surface area (Å²) in [7, 11) is 0. The number of pyridine rings is 1. The smallest absolute Gasteiger partial charge is 0.290 e. The number of hydrogen-bond acceptors (Lipinski definition) is 3. The first kappa shape index (κ1) is 7.67. The molecule has 1 aromatic carbocycles. The van der Waals surface area contributed by atoms with Gasteiger partial charge in [0.05, 0.1) is 5.52 Å². The van der Waals surface area contributed by atoms with E-state index in [0.29, 0.717) is 11.2 Å². The molecule has 1 aromatic heterocycles. The predicted molar refractivity (Wildman–Crippen MR) is 50.6 cm³/mol. The normalized spacial score (nSPS) is 10.5. The quantitative estimate of drug-likeness (QED) is 0.520. The van der Waals surface area contributed by atoms with Gasteiger partial charge >= 0.3 is 0 Å². The van der Waals surface area contributed by atoms with Gasteiger partial charge in [-0.2, -0.15) is 0 Å². The van der Waals surface area contributed by atoms with Gasteiger partial charge in [0.1, 0.15) is 0 Å². The van der Waals surface area contributed by atoms with Gasteiger partial charge in [0.2, 0.25) is 0 Å². The second-order valence-electron chi connectivity index (χ2n) is 2.83. The Morgan fingerprint density at radius 1 is 1.31 bits per heavy atom. The molecule has 4 N–H and O–H groups in total. The molecule has 0 aliphatic rings. The van der Waals surface area contributed by atoms with Crippen molar-refractivity contribution < 1.29 is 5.11 Å². The number of benzene rings is 1. The van der Waals surface area contributed by atoms with E-state index in [9.17, 15) is 4.79 Å². The second kappa shape index (κ2) is 2.52. The SMILES string of the molecule is Nc1ccc2cc(O)c(=O)[nH]c2c1. The zero-order valence-corrected chi connectivity index (χ0v) is 6.74. The van der Waals surface area contributed by atoms with Crippen LogP contribution in [0.15, 0.2) is 29.1 Å². The fraction of sp³-hybridized carbons (Fsp3) is 0. The summed E-state index contributed by atoms with van der Waals surface area (Å²) in [6, 6.07) is 6.50. The van der Waals surface area contributed by atoms with Crippen molar-refractivity contribution in [2.45, 2.75) is 0 Å². The number of nitrogen functional groups attached to an aromatic ring is 1. The second-order valence-corrected chi connectivity index (χ2v) is 2.83. The van der Waals surface area contributed by atoms with Crippen LogP contribution in [-0.2, 0) is 0 Å². The summed E-state index contributed by atoms with van der Waals surface area (Å²) >= 11 is 0. The predicted octanol–water partition coefficient (Wildman–Crippen LogP) is 0.816. The number of hydrogen-bond donors (Lipinski definition) is 3. The first-order valence-electron chi connectivity index (χ1n) is 3.78. The van der Waals surface area contributed by atoms with Crippen molar-refractivity contribution in [1.29, 1.82) is 0 Å². The Hall–Kier alpha value is -1.97. The highest BCUT2D eigenvalue weighted by Gasteiger charge is 1.99. The zero-order chi connectivity index (χ0) is 9.42. The third kappa shape index (κ3) is 1.22. The monoisotopic (exact) mass is 176 g/mol. The average molecular weight is 176 g/mol. The molecule has 0 aliphatic carbocycles. The Morgan fingerprint density at radius 3 is 2.85 bits per heavy atom. The van der Waals surface area contributed by atoms with Crippen molar-refractivity contribution in [3.05, 3.63) is 34.6 Å². The molecule has 0 spiro atoms. The molecule has 0 unspecified atom stereocenters. The lowest BCUT2D eigenvalue weighted by Crippen LogP contribution is -2.04. The lowest BCUT2D eigenvalue weighted by molar-refractivity contribution is 0.468. The molecule has 0 radical (unpaired) electrons. The maximum Gasteiger partial charge on any atom is 0.290 e. The van der Waals surface area contributed by atoms with Crippen molar-refractivity contribution >= 4 is 16.6 Å². The largest absolute Gasteiger partial charge is 0.503 e. The van der Waals surface area contributed by atoms with E-state index in [1.54, 1.807) is 18.2 Å². The molecule has 2 rings (SSSR count). The van der Waals surface area contributed by atoms with Gasteiger partial charge in [-0.15, -0.1) is 0 Å². The van der Waals surface area contributed by atoms with Gasteiger partial charge in [-0.05, 0) is 18.2 Å². The molecule has 0 saturated carbocycles. The van der Waals surface area contributed by atoms with Crippen molar-refractivity contribution in [2.24, 2.45) is 0 Å². The van der Waals surface area contributed by atoms with Crippen LogP contribution in [0.1, 0.15) is 0 Å². The maximum atomic E-state index is 11.0. The Bertz CT molecular complexity index is 516. The van der Waals surface area contributed by atoms with E-state index in [2.05, 4.69) is 4.98 Å².